The predicted molar refractivity (Wildman–Crippen MR) is 130 cm³/mol. The number of amides is 1. The number of piperidine rings is 1. The third-order valence-corrected chi connectivity index (χ3v) is 6.19. The van der Waals surface area contributed by atoms with Crippen molar-refractivity contribution in [2.45, 2.75) is 45.4 Å². The van der Waals surface area contributed by atoms with E-state index >= 15 is 0 Å². The second kappa shape index (κ2) is 12.0. The maximum atomic E-state index is 14.1. The van der Waals surface area contributed by atoms with E-state index in [4.69, 9.17) is 9.26 Å². The van der Waals surface area contributed by atoms with Crippen LogP contribution in [0.5, 0.6) is 5.75 Å². The van der Waals surface area contributed by atoms with E-state index < -0.39 is 23.1 Å². The number of carbonyl (C=O) groups excluding carboxylic acids is 1. The molecule has 1 aliphatic heterocycles. The molecule has 37 heavy (non-hydrogen) atoms. The van der Waals surface area contributed by atoms with Gasteiger partial charge >= 0.3 is 0 Å². The van der Waals surface area contributed by atoms with Crippen molar-refractivity contribution in [2.75, 3.05) is 31.7 Å². The number of rotatable bonds is 10. The van der Waals surface area contributed by atoms with E-state index in [0.717, 1.165) is 50.9 Å². The van der Waals surface area contributed by atoms with Gasteiger partial charge in [-0.1, -0.05) is 19.0 Å². The molecule has 0 bridgehead atoms. The van der Waals surface area contributed by atoms with Gasteiger partial charge in [0, 0.05) is 43.5 Å². The Morgan fingerprint density at radius 3 is 2.46 bits per heavy atom. The lowest BCUT2D eigenvalue weighted by Gasteiger charge is -2.32. The minimum atomic E-state index is -1.01. The Labute approximate surface area is 213 Å². The third kappa shape index (κ3) is 6.56. The van der Waals surface area contributed by atoms with Crippen LogP contribution in [0, 0.1) is 17.6 Å². The number of nitrogens with zero attached hydrogens (tertiary/aromatic N) is 5. The van der Waals surface area contributed by atoms with Gasteiger partial charge in [-0.25, -0.2) is 24.2 Å². The molecule has 1 fully saturated rings. The molecule has 1 aliphatic rings. The third-order valence-electron chi connectivity index (χ3n) is 6.19. The molecule has 1 amide bonds. The van der Waals surface area contributed by atoms with Crippen molar-refractivity contribution < 1.29 is 27.7 Å². The summed E-state index contributed by atoms with van der Waals surface area (Å²) >= 11 is 0. The van der Waals surface area contributed by atoms with Gasteiger partial charge in [0.15, 0.2) is 0 Å². The SMILES string of the molecule is CONC(=O)c1c(F)cc(OCCCC2CCN(c3ncc(-c4noc(C(C)C)n4)cn3)CC2)cc1F. The number of aromatic nitrogens is 4. The van der Waals surface area contributed by atoms with Gasteiger partial charge < -0.3 is 14.2 Å². The van der Waals surface area contributed by atoms with Gasteiger partial charge in [-0.05, 0) is 31.6 Å². The number of hydrogen-bond donors (Lipinski definition) is 1. The van der Waals surface area contributed by atoms with E-state index in [9.17, 15) is 13.6 Å². The maximum Gasteiger partial charge on any atom is 0.280 e. The average molecular weight is 517 g/mol. The van der Waals surface area contributed by atoms with Crippen LogP contribution in [0.25, 0.3) is 11.4 Å². The summed E-state index contributed by atoms with van der Waals surface area (Å²) in [7, 11) is 1.18. The number of hydrogen-bond acceptors (Lipinski definition) is 9. The zero-order chi connectivity index (χ0) is 26.4. The number of hydroxylamine groups is 1. The van der Waals surface area contributed by atoms with Crippen LogP contribution in [0.2, 0.25) is 0 Å². The lowest BCUT2D eigenvalue weighted by Crippen LogP contribution is -2.34. The Bertz CT molecular complexity index is 1170. The monoisotopic (exact) mass is 516 g/mol. The molecule has 0 radical (unpaired) electrons. The van der Waals surface area contributed by atoms with Gasteiger partial charge in [0.05, 0.1) is 19.3 Å². The summed E-state index contributed by atoms with van der Waals surface area (Å²) in [5.41, 5.74) is 1.90. The van der Waals surface area contributed by atoms with Crippen LogP contribution < -0.4 is 15.1 Å². The van der Waals surface area contributed by atoms with Crippen LogP contribution in [0.15, 0.2) is 29.0 Å². The molecule has 1 aromatic carbocycles. The summed E-state index contributed by atoms with van der Waals surface area (Å²) < 4.78 is 39.0. The van der Waals surface area contributed by atoms with Gasteiger partial charge in [-0.2, -0.15) is 4.98 Å². The number of carbonyl (C=O) groups is 1. The van der Waals surface area contributed by atoms with E-state index in [1.165, 1.54) is 7.11 Å². The van der Waals surface area contributed by atoms with Gasteiger partial charge in [0.1, 0.15) is 22.9 Å². The Balaban J connectivity index is 1.20. The van der Waals surface area contributed by atoms with E-state index in [1.807, 2.05) is 19.3 Å². The topological polar surface area (TPSA) is 116 Å². The zero-order valence-corrected chi connectivity index (χ0v) is 21.0. The molecular formula is C25H30F2N6O4. The van der Waals surface area contributed by atoms with Gasteiger partial charge in [0.25, 0.3) is 5.91 Å². The van der Waals surface area contributed by atoms with Crippen LogP contribution in [-0.4, -0.2) is 52.8 Å². The van der Waals surface area contributed by atoms with E-state index in [1.54, 1.807) is 12.4 Å². The first-order valence-corrected chi connectivity index (χ1v) is 12.2. The standard InChI is InChI=1S/C25H30F2N6O4/c1-15(2)24-30-22(31-37-24)17-13-28-25(29-14-17)33-8-6-16(7-9-33)5-4-10-36-18-11-19(26)21(20(27)12-18)23(34)32-35-3/h11-16H,4-10H2,1-3H3,(H,32,34). The molecule has 0 atom stereocenters. The zero-order valence-electron chi connectivity index (χ0n) is 21.0. The Kier molecular flexibility index (Phi) is 8.59. The lowest BCUT2D eigenvalue weighted by atomic mass is 9.92. The molecule has 4 rings (SSSR count). The summed E-state index contributed by atoms with van der Waals surface area (Å²) in [6.45, 7) is 5.97. The first kappa shape index (κ1) is 26.4. The highest BCUT2D eigenvalue weighted by Gasteiger charge is 2.22. The van der Waals surface area contributed by atoms with E-state index in [2.05, 4.69) is 29.8 Å². The normalized spacial score (nSPS) is 14.3. The summed E-state index contributed by atoms with van der Waals surface area (Å²) in [5.74, 6) is -0.571. The van der Waals surface area contributed by atoms with Crippen LogP contribution in [-0.2, 0) is 4.84 Å². The highest BCUT2D eigenvalue weighted by molar-refractivity contribution is 5.94. The van der Waals surface area contributed by atoms with Crippen molar-refractivity contribution in [1.82, 2.24) is 25.6 Å². The van der Waals surface area contributed by atoms with Crippen molar-refractivity contribution in [1.29, 1.82) is 0 Å². The Morgan fingerprint density at radius 1 is 1.19 bits per heavy atom. The van der Waals surface area contributed by atoms with Crippen molar-refractivity contribution in [3.63, 3.8) is 0 Å². The highest BCUT2D eigenvalue weighted by Crippen LogP contribution is 2.26. The second-order valence-electron chi connectivity index (χ2n) is 9.20. The van der Waals surface area contributed by atoms with E-state index in [-0.39, 0.29) is 11.7 Å². The van der Waals surface area contributed by atoms with Crippen LogP contribution in [0.1, 0.15) is 61.7 Å². The van der Waals surface area contributed by atoms with Gasteiger partial charge in [0.2, 0.25) is 17.7 Å². The Morgan fingerprint density at radius 2 is 1.86 bits per heavy atom. The molecule has 2 aromatic heterocycles. The molecule has 0 saturated carbocycles. The maximum absolute atomic E-state index is 14.1. The highest BCUT2D eigenvalue weighted by atomic mass is 19.1. The quantitative estimate of drug-likeness (QED) is 0.311. The first-order chi connectivity index (χ1) is 17.9. The molecule has 3 aromatic rings. The molecule has 3 heterocycles. The summed E-state index contributed by atoms with van der Waals surface area (Å²) in [6.07, 6.45) is 7.07. The Hall–Kier alpha value is -3.67. The average Bonchev–Trinajstić information content (AvgIpc) is 3.38. The van der Waals surface area contributed by atoms with Crippen molar-refractivity contribution in [3.05, 3.63) is 47.6 Å². The minimum absolute atomic E-state index is 0.0423. The largest absolute Gasteiger partial charge is 0.493 e. The van der Waals surface area contributed by atoms with Crippen molar-refractivity contribution in [3.8, 4) is 17.1 Å². The molecule has 10 nitrogen and oxygen atoms in total. The fourth-order valence-electron chi connectivity index (χ4n) is 4.16. The lowest BCUT2D eigenvalue weighted by molar-refractivity contribution is 0.0529. The number of halogens is 2. The predicted octanol–water partition coefficient (Wildman–Crippen LogP) is 4.30. The number of ether oxygens (including phenoxy) is 1. The summed E-state index contributed by atoms with van der Waals surface area (Å²) in [6, 6.07) is 2.00. The summed E-state index contributed by atoms with van der Waals surface area (Å²) in [4.78, 5) is 31.6. The number of benzene rings is 1. The molecule has 0 aliphatic carbocycles. The molecule has 198 valence electrons. The molecule has 0 spiro atoms. The minimum Gasteiger partial charge on any atom is -0.493 e. The molecular weight excluding hydrogens is 486 g/mol. The van der Waals surface area contributed by atoms with Gasteiger partial charge in [-0.3, -0.25) is 9.63 Å². The fraction of sp³-hybridized carbons (Fsp3) is 0.480. The summed E-state index contributed by atoms with van der Waals surface area (Å²) in [5, 5.41) is 3.99. The molecule has 12 heteroatoms. The van der Waals surface area contributed by atoms with Crippen LogP contribution in [0.4, 0.5) is 14.7 Å². The van der Waals surface area contributed by atoms with Crippen molar-refractivity contribution >= 4 is 11.9 Å². The fourth-order valence-corrected chi connectivity index (χ4v) is 4.16. The second-order valence-corrected chi connectivity index (χ2v) is 9.20. The van der Waals surface area contributed by atoms with E-state index in [0.29, 0.717) is 35.8 Å². The van der Waals surface area contributed by atoms with Crippen LogP contribution >= 0.6 is 0 Å². The molecule has 1 saturated heterocycles. The number of anilines is 1. The van der Waals surface area contributed by atoms with Crippen molar-refractivity contribution in [2.24, 2.45) is 5.92 Å². The van der Waals surface area contributed by atoms with Gasteiger partial charge in [-0.15, -0.1) is 0 Å². The van der Waals surface area contributed by atoms with Crippen LogP contribution in [0.3, 0.4) is 0 Å². The smallest absolute Gasteiger partial charge is 0.280 e. The first-order valence-electron chi connectivity index (χ1n) is 12.2. The number of nitrogens with one attached hydrogen (secondary N) is 1. The molecule has 0 unspecified atom stereocenters. The molecule has 1 N–H and O–H groups in total.